The third kappa shape index (κ3) is 38.5. The quantitative estimate of drug-likeness (QED) is 0.00441. The monoisotopic (exact) mass is 2080 g/mol. The van der Waals surface area contributed by atoms with E-state index >= 15 is 33.6 Å². The molecule has 10 rings (SSSR count). The fraction of sp³-hybridized carbons (Fsp3) is 0.480. The van der Waals surface area contributed by atoms with Crippen molar-refractivity contribution < 1.29 is 119 Å². The smallest absolute Gasteiger partial charge is 0.408 e. The zero-order chi connectivity index (χ0) is 105. The molecule has 2 aliphatic carbocycles. The van der Waals surface area contributed by atoms with E-state index in [2.05, 4.69) is 73.8 Å². The van der Waals surface area contributed by atoms with E-state index in [9.17, 15) is 56.7 Å². The zero-order valence-corrected chi connectivity index (χ0v) is 84.6. The number of benzene rings is 6. The maximum Gasteiger partial charge on any atom is 0.408 e. The number of hydrogen-bond acceptors (Lipinski definition) is 26. The van der Waals surface area contributed by atoms with Gasteiger partial charge in [-0.15, -0.1) is 11.8 Å². The van der Waals surface area contributed by atoms with Crippen molar-refractivity contribution in [2.24, 2.45) is 0 Å². The summed E-state index contributed by atoms with van der Waals surface area (Å²) in [6.45, 7) is 5.88. The summed E-state index contributed by atoms with van der Waals surface area (Å²) in [6.07, 6.45) is -0.0429. The average molecular weight is 2080 g/mol. The molecule has 0 aromatic heterocycles. The van der Waals surface area contributed by atoms with Gasteiger partial charge in [0, 0.05) is 61.3 Å². The van der Waals surface area contributed by atoms with Crippen LogP contribution in [0.2, 0.25) is 5.02 Å². The van der Waals surface area contributed by atoms with Crippen molar-refractivity contribution in [2.75, 3.05) is 44.4 Å². The summed E-state index contributed by atoms with van der Waals surface area (Å²) in [5, 5.41) is 52.9. The normalized spacial score (nSPS) is 15.7. The molecule has 2 saturated carbocycles. The molecule has 16 N–H and O–H groups in total. The molecule has 13 amide bonds. The molecule has 6 aromatic rings. The number of carbonyl (C=O) groups excluding carboxylic acids is 15. The fourth-order valence-electron chi connectivity index (χ4n) is 16.6. The van der Waals surface area contributed by atoms with Crippen molar-refractivity contribution in [3.8, 4) is 11.5 Å². The highest BCUT2D eigenvalue weighted by molar-refractivity contribution is 7.99. The largest absolute Gasteiger partial charge is 0.480 e. The Morgan fingerprint density at radius 2 is 1.04 bits per heavy atom. The minimum atomic E-state index is -4.29. The van der Waals surface area contributed by atoms with Crippen molar-refractivity contribution >= 4 is 134 Å². The lowest BCUT2D eigenvalue weighted by Gasteiger charge is -2.31. The second-order valence-corrected chi connectivity index (χ2v) is 40.1. The van der Waals surface area contributed by atoms with Gasteiger partial charge in [-0.1, -0.05) is 151 Å². The van der Waals surface area contributed by atoms with Gasteiger partial charge in [0.1, 0.15) is 96.8 Å². The van der Waals surface area contributed by atoms with Gasteiger partial charge < -0.3 is 108 Å². The van der Waals surface area contributed by atoms with Gasteiger partial charge in [-0.25, -0.2) is 22.7 Å². The third-order valence-electron chi connectivity index (χ3n) is 24.2. The van der Waals surface area contributed by atoms with Crippen LogP contribution in [0.25, 0.3) is 0 Å². The summed E-state index contributed by atoms with van der Waals surface area (Å²) in [5.74, 6) is -14.7. The Labute approximate surface area is 856 Å². The van der Waals surface area contributed by atoms with Gasteiger partial charge in [-0.2, -0.15) is 0 Å². The molecule has 41 nitrogen and oxygen atoms in total. The van der Waals surface area contributed by atoms with Gasteiger partial charge in [0.15, 0.2) is 0 Å². The summed E-state index contributed by atoms with van der Waals surface area (Å²) in [6, 6.07) is 27.2. The molecule has 146 heavy (non-hydrogen) atoms. The molecular weight excluding hydrogens is 1950 g/mol. The van der Waals surface area contributed by atoms with Gasteiger partial charge >= 0.3 is 30.1 Å². The van der Waals surface area contributed by atoms with Gasteiger partial charge in [-0.3, -0.25) is 72.5 Å². The van der Waals surface area contributed by atoms with Crippen molar-refractivity contribution in [1.29, 1.82) is 5.41 Å². The summed E-state index contributed by atoms with van der Waals surface area (Å²) < 4.78 is 63.8. The fourth-order valence-corrected chi connectivity index (χ4v) is 18.6. The summed E-state index contributed by atoms with van der Waals surface area (Å²) in [7, 11) is -4.29. The molecule has 0 unspecified atom stereocenters. The number of likely N-dealkylation sites (tertiary alicyclic amines) is 1. The van der Waals surface area contributed by atoms with Crippen LogP contribution < -0.4 is 78.6 Å². The number of unbranched alkanes of at least 4 members (excludes halogenated alkanes) is 1. The molecule has 0 radical (unpaired) electrons. The Hall–Kier alpha value is -13.9. The number of guanidine groups is 1. The number of thioether (sulfide) groups is 1. The number of halogens is 1. The van der Waals surface area contributed by atoms with Crippen LogP contribution in [0.5, 0.6) is 11.5 Å². The highest BCUT2D eigenvalue weighted by atomic mass is 35.5. The number of ether oxygens (including phenoxy) is 6. The first-order valence-electron chi connectivity index (χ1n) is 48.9. The van der Waals surface area contributed by atoms with Crippen LogP contribution in [0.4, 0.5) is 9.59 Å². The minimum absolute atomic E-state index is 0.000727. The van der Waals surface area contributed by atoms with Gasteiger partial charge in [-0.05, 0) is 184 Å². The van der Waals surface area contributed by atoms with Crippen LogP contribution in [0.15, 0.2) is 163 Å². The summed E-state index contributed by atoms with van der Waals surface area (Å²) in [4.78, 5) is 232. The number of carbonyl (C=O) groups is 16. The Bertz CT molecular complexity index is 5560. The SMILES string of the molecule is CC(=O)NCSC[C@H](NC(=O)[C@H](CCCCNC(=O)OCc1ccc(Cl)cc1)NC(=O)[C@@H]1CCCN1C(=O)[C@H](CCCNC(=N)NS(=O)(=O)c1ccc(C)cc1)NC(=O)[C@H](Cc1ccccc1)NC(=O)[C@H](COCc1ccccc1)NC(=O)OC(C)(C)C)C(=O)N[C@@H](CC(=O)OC1CCCCC1)C(=O)N[C@@H](CCC(=O)OC1CCCCC1)C(=O)N[C@@H](CC(=O)NC1c2ccccc2Oc2ccccc21)C(=O)NCC(=O)O. The number of carboxylic acid groups (broad SMARTS) is 1. The summed E-state index contributed by atoms with van der Waals surface area (Å²) in [5.41, 5.74) is 2.66. The number of esters is 2. The van der Waals surface area contributed by atoms with Crippen LogP contribution in [0, 0.1) is 12.3 Å². The first-order chi connectivity index (χ1) is 69.9. The topological polar surface area (TPSA) is 578 Å². The molecule has 788 valence electrons. The van der Waals surface area contributed by atoms with Gasteiger partial charge in [0.05, 0.1) is 42.9 Å². The first-order valence-corrected chi connectivity index (χ1v) is 51.9. The second-order valence-electron chi connectivity index (χ2n) is 37.0. The first kappa shape index (κ1) is 114. The third-order valence-corrected chi connectivity index (χ3v) is 26.7. The van der Waals surface area contributed by atoms with Crippen molar-refractivity contribution in [1.82, 2.24) is 78.7 Å². The Balaban J connectivity index is 0.942. The molecule has 2 heterocycles. The number of hydrogen-bond donors (Lipinski definition) is 16. The Morgan fingerprint density at radius 3 is 1.66 bits per heavy atom. The maximum atomic E-state index is 15.8. The highest BCUT2D eigenvalue weighted by Crippen LogP contribution is 2.43. The van der Waals surface area contributed by atoms with E-state index in [1.807, 2.05) is 0 Å². The number of alkyl carbamates (subject to hydrolysis) is 2. The van der Waals surface area contributed by atoms with Gasteiger partial charge in [0.2, 0.25) is 70.9 Å². The number of rotatable bonds is 52. The van der Waals surface area contributed by atoms with Crippen LogP contribution in [0.1, 0.15) is 202 Å². The number of aliphatic carboxylic acids is 1. The number of aryl methyl sites for hydroxylation is 1. The number of nitrogens with one attached hydrogen (secondary N) is 15. The minimum Gasteiger partial charge on any atom is -0.480 e. The van der Waals surface area contributed by atoms with E-state index in [4.69, 9.17) is 45.4 Å². The average Bonchev–Trinajstić information content (AvgIpc) is 1.10. The van der Waals surface area contributed by atoms with Crippen molar-refractivity contribution in [2.45, 2.75) is 272 Å². The van der Waals surface area contributed by atoms with E-state index in [1.165, 1.54) is 24.0 Å². The standard InChI is InChI=1S/C102H131ClN16O25S2/c1-63-41-47-71(48-42-63)146(137,138)118-99(104)105-52-24-37-76(111-93(129)77(54-65-26-10-6-11-27-65)112-95(131)80(116-101(136)144-102(3,4)5)60-139-58-66-28-12-7-13-29-66)98(134)119-53-25-38-82(119)97(133)110-74(36-22-23-51-106-100(135)140-59-67-43-45-68(103)46-44-67)91(127)115-81(61-145-62-108-64(2)120)96(132)114-79(56-88(125)142-70-32-16-9-17-33-70)94(130)109-75(49-50-87(124)141-69-30-14-8-15-31-69)92(128)113-78(90(126)107-57-86(122)123)55-85(121)117-89-72-34-18-20-39-83(72)143-84-40-21-19-35-73(84)89/h6-7,10-13,18-21,26-29,34-35,39-48,69-70,74-82,89H,8-9,14-17,22-25,30-33,36-38,49-62H2,1-5H3,(H,106,135)(H,107,126)(H,108,120)(H,109,130)(H,110,133)(H,111,129)(H,112,131)(H,113,128)(H,114,132)(H,115,127)(H,116,136)(H,117,121)(H,122,123)(H3,104,105,118)/t74-,75-,76-,77-,78-,79-,80-,81-,82-/m0/s1. The molecule has 44 heteroatoms. The lowest BCUT2D eigenvalue weighted by Crippen LogP contribution is -2.61. The molecule has 0 bridgehead atoms. The Morgan fingerprint density at radius 1 is 0.514 bits per heavy atom. The molecule has 6 aromatic carbocycles. The number of para-hydroxylation sites is 2. The number of carboxylic acids is 1. The van der Waals surface area contributed by atoms with Crippen LogP contribution in [-0.4, -0.2) is 236 Å². The number of fused-ring (bicyclic) bond motifs is 2. The van der Waals surface area contributed by atoms with Crippen LogP contribution >= 0.6 is 23.4 Å². The molecule has 1 saturated heterocycles. The summed E-state index contributed by atoms with van der Waals surface area (Å²) >= 11 is 6.98. The van der Waals surface area contributed by atoms with E-state index < -0.39 is 234 Å². The predicted molar refractivity (Wildman–Crippen MR) is 537 cm³/mol. The number of amides is 13. The van der Waals surface area contributed by atoms with E-state index in [-0.39, 0.29) is 95.0 Å². The number of nitrogens with zero attached hydrogens (tertiary/aromatic N) is 1. The molecule has 3 fully saturated rings. The number of sulfonamides is 1. The van der Waals surface area contributed by atoms with E-state index in [0.29, 0.717) is 77.3 Å². The van der Waals surface area contributed by atoms with Crippen LogP contribution in [-0.2, 0) is 120 Å². The predicted octanol–water partition coefficient (Wildman–Crippen LogP) is 7.42. The highest BCUT2D eigenvalue weighted by Gasteiger charge is 2.43. The van der Waals surface area contributed by atoms with E-state index in [1.54, 1.807) is 173 Å². The maximum absolute atomic E-state index is 15.8. The van der Waals surface area contributed by atoms with E-state index in [0.717, 1.165) is 48.6 Å². The molecule has 9 atom stereocenters. The molecule has 0 spiro atoms. The van der Waals surface area contributed by atoms with Crippen molar-refractivity contribution in [3.63, 3.8) is 0 Å². The molecule has 4 aliphatic rings. The molecular formula is C102H131ClN16O25S2. The zero-order valence-electron chi connectivity index (χ0n) is 82.2. The van der Waals surface area contributed by atoms with Crippen LogP contribution in [0.3, 0.4) is 0 Å². The van der Waals surface area contributed by atoms with Crippen molar-refractivity contribution in [3.05, 3.63) is 196 Å². The lowest BCUT2D eigenvalue weighted by atomic mass is 9.94. The molecule has 2 aliphatic heterocycles. The Kier molecular flexibility index (Phi) is 45.0. The second kappa shape index (κ2) is 57.7. The van der Waals surface area contributed by atoms with Gasteiger partial charge in [0.25, 0.3) is 10.0 Å². The lowest BCUT2D eigenvalue weighted by molar-refractivity contribution is -0.152.